The molecule has 0 bridgehead atoms. The Bertz CT molecular complexity index is 1470. The van der Waals surface area contributed by atoms with Gasteiger partial charge in [-0.1, -0.05) is 42.5 Å². The smallest absolute Gasteiger partial charge is 0.257 e. The van der Waals surface area contributed by atoms with Crippen LogP contribution in [0.2, 0.25) is 0 Å². The highest BCUT2D eigenvalue weighted by Gasteiger charge is 2.24. The summed E-state index contributed by atoms with van der Waals surface area (Å²) in [6, 6.07) is 19.3. The molecule has 1 amide bonds. The zero-order valence-electron chi connectivity index (χ0n) is 17.3. The van der Waals surface area contributed by atoms with E-state index < -0.39 is 0 Å². The number of aryl methyl sites for hydroxylation is 1. The fraction of sp³-hybridized carbons (Fsp3) is 0.0833. The number of carbonyl (C=O) groups is 1. The first kappa shape index (κ1) is 19.9. The number of nitrogens with zero attached hydrogens (tertiary/aromatic N) is 4. The summed E-state index contributed by atoms with van der Waals surface area (Å²) < 4.78 is 1.49. The zero-order chi connectivity index (χ0) is 22.1. The number of nitrogens with two attached hydrogens (primary N) is 1. The third-order valence-corrected chi connectivity index (χ3v) is 6.08. The zero-order valence-corrected chi connectivity index (χ0v) is 18.1. The van der Waals surface area contributed by atoms with Crippen molar-refractivity contribution >= 4 is 51.5 Å². The topological polar surface area (TPSA) is 98.2 Å². The molecule has 5 aromatic rings. The van der Waals surface area contributed by atoms with Crippen LogP contribution in [-0.4, -0.2) is 26.8 Å². The Balaban J connectivity index is 1.64. The lowest BCUT2D eigenvalue weighted by molar-refractivity contribution is 0.0953. The molecule has 2 aromatic carbocycles. The van der Waals surface area contributed by atoms with E-state index in [9.17, 15) is 4.79 Å². The summed E-state index contributed by atoms with van der Waals surface area (Å²) in [4.78, 5) is 23.6. The summed E-state index contributed by atoms with van der Waals surface area (Å²) in [5, 5.41) is 9.48. The predicted octanol–water partition coefficient (Wildman–Crippen LogP) is 4.35. The number of thiophene rings is 1. The number of hydrogen-bond acceptors (Lipinski definition) is 6. The fourth-order valence-corrected chi connectivity index (χ4v) is 4.15. The standard InChI is InChI=1S/C24H20N6OS/c1-15-7-2-3-8-16(15)13-27-30-22(25)20(24(31)26-14-17-9-6-12-32-17)21-23(30)29-19-11-5-4-10-18(19)28-21/h2-13H,14,25H2,1H3,(H,26,31). The van der Waals surface area contributed by atoms with E-state index in [-0.39, 0.29) is 17.3 Å². The van der Waals surface area contributed by atoms with E-state index in [2.05, 4.69) is 10.4 Å². The minimum absolute atomic E-state index is 0.198. The molecule has 3 heterocycles. The van der Waals surface area contributed by atoms with Crippen LogP contribution in [0.15, 0.2) is 71.1 Å². The molecule has 0 atom stereocenters. The first-order chi connectivity index (χ1) is 15.6. The lowest BCUT2D eigenvalue weighted by atomic mass is 10.1. The molecule has 32 heavy (non-hydrogen) atoms. The molecule has 0 spiro atoms. The molecule has 0 saturated carbocycles. The Morgan fingerprint density at radius 3 is 2.59 bits per heavy atom. The van der Waals surface area contributed by atoms with Gasteiger partial charge >= 0.3 is 0 Å². The number of rotatable bonds is 5. The van der Waals surface area contributed by atoms with Crippen LogP contribution in [0.4, 0.5) is 5.82 Å². The van der Waals surface area contributed by atoms with Crippen LogP contribution in [-0.2, 0) is 6.54 Å². The second-order valence-corrected chi connectivity index (χ2v) is 8.35. The third kappa shape index (κ3) is 3.61. The number of nitrogens with one attached hydrogen (secondary N) is 1. The van der Waals surface area contributed by atoms with Crippen molar-refractivity contribution in [1.29, 1.82) is 0 Å². The molecule has 0 radical (unpaired) electrons. The van der Waals surface area contributed by atoms with Crippen molar-refractivity contribution in [2.24, 2.45) is 5.10 Å². The van der Waals surface area contributed by atoms with E-state index in [0.29, 0.717) is 28.7 Å². The van der Waals surface area contributed by atoms with Gasteiger partial charge in [-0.05, 0) is 41.6 Å². The van der Waals surface area contributed by atoms with Gasteiger partial charge in [0.05, 0.1) is 23.8 Å². The van der Waals surface area contributed by atoms with Gasteiger partial charge in [0.25, 0.3) is 5.91 Å². The number of hydrogen-bond donors (Lipinski definition) is 2. The molecule has 8 heteroatoms. The van der Waals surface area contributed by atoms with E-state index in [4.69, 9.17) is 15.7 Å². The number of fused-ring (bicyclic) bond motifs is 2. The molecule has 3 N–H and O–H groups in total. The van der Waals surface area contributed by atoms with Crippen LogP contribution >= 0.6 is 11.3 Å². The summed E-state index contributed by atoms with van der Waals surface area (Å²) in [6.45, 7) is 2.42. The molecule has 3 aromatic heterocycles. The summed E-state index contributed by atoms with van der Waals surface area (Å²) in [5.41, 5.74) is 11.0. The van der Waals surface area contributed by atoms with Crippen molar-refractivity contribution < 1.29 is 4.79 Å². The Morgan fingerprint density at radius 2 is 1.84 bits per heavy atom. The second kappa shape index (κ2) is 8.24. The van der Waals surface area contributed by atoms with Gasteiger partial charge < -0.3 is 11.1 Å². The highest BCUT2D eigenvalue weighted by Crippen LogP contribution is 2.28. The highest BCUT2D eigenvalue weighted by molar-refractivity contribution is 7.09. The number of para-hydroxylation sites is 2. The van der Waals surface area contributed by atoms with Gasteiger partial charge in [-0.2, -0.15) is 9.78 Å². The molecule has 0 aliphatic carbocycles. The summed E-state index contributed by atoms with van der Waals surface area (Å²) >= 11 is 1.58. The Kier molecular flexibility index (Phi) is 5.12. The van der Waals surface area contributed by atoms with Crippen molar-refractivity contribution in [3.63, 3.8) is 0 Å². The maximum absolute atomic E-state index is 13.1. The van der Waals surface area contributed by atoms with Gasteiger partial charge in [0.1, 0.15) is 16.9 Å². The largest absolute Gasteiger partial charge is 0.383 e. The van der Waals surface area contributed by atoms with Crippen LogP contribution in [0.1, 0.15) is 26.4 Å². The Labute approximate surface area is 188 Å². The molecule has 0 aliphatic rings. The fourth-order valence-electron chi connectivity index (χ4n) is 3.51. The summed E-state index contributed by atoms with van der Waals surface area (Å²) in [7, 11) is 0. The molecule has 158 valence electrons. The SMILES string of the molecule is Cc1ccccc1C=Nn1c(N)c(C(=O)NCc2cccs2)c2nc3ccccc3nc21. The molecule has 7 nitrogen and oxygen atoms in total. The number of amides is 1. The van der Waals surface area contributed by atoms with Crippen molar-refractivity contribution in [1.82, 2.24) is 20.0 Å². The lowest BCUT2D eigenvalue weighted by Crippen LogP contribution is -2.23. The van der Waals surface area contributed by atoms with Gasteiger partial charge in [0.15, 0.2) is 5.65 Å². The number of aromatic nitrogens is 3. The maximum Gasteiger partial charge on any atom is 0.257 e. The van der Waals surface area contributed by atoms with E-state index in [1.165, 1.54) is 4.68 Å². The molecule has 0 fully saturated rings. The third-order valence-electron chi connectivity index (χ3n) is 5.20. The van der Waals surface area contributed by atoms with E-state index in [1.54, 1.807) is 17.6 Å². The number of anilines is 1. The van der Waals surface area contributed by atoms with Gasteiger partial charge in [-0.15, -0.1) is 11.3 Å². The molecule has 5 rings (SSSR count). The van der Waals surface area contributed by atoms with Crippen LogP contribution in [0.25, 0.3) is 22.2 Å². The maximum atomic E-state index is 13.1. The molecule has 0 saturated heterocycles. The minimum Gasteiger partial charge on any atom is -0.383 e. The van der Waals surface area contributed by atoms with Gasteiger partial charge in [0.2, 0.25) is 0 Å². The van der Waals surface area contributed by atoms with E-state index in [1.807, 2.05) is 73.0 Å². The Morgan fingerprint density at radius 1 is 1.09 bits per heavy atom. The van der Waals surface area contributed by atoms with Crippen LogP contribution in [0, 0.1) is 6.92 Å². The average molecular weight is 441 g/mol. The summed E-state index contributed by atoms with van der Waals surface area (Å²) in [6.07, 6.45) is 1.72. The quantitative estimate of drug-likeness (QED) is 0.397. The van der Waals surface area contributed by atoms with Gasteiger partial charge in [-0.25, -0.2) is 9.97 Å². The van der Waals surface area contributed by atoms with Crippen molar-refractivity contribution in [2.75, 3.05) is 5.73 Å². The van der Waals surface area contributed by atoms with Gasteiger partial charge in [-0.3, -0.25) is 4.79 Å². The molecular weight excluding hydrogens is 420 g/mol. The van der Waals surface area contributed by atoms with E-state index in [0.717, 1.165) is 16.0 Å². The molecular formula is C24H20N6OS. The lowest BCUT2D eigenvalue weighted by Gasteiger charge is -2.04. The van der Waals surface area contributed by atoms with Crippen molar-refractivity contribution in [2.45, 2.75) is 13.5 Å². The van der Waals surface area contributed by atoms with Crippen LogP contribution in [0.5, 0.6) is 0 Å². The second-order valence-electron chi connectivity index (χ2n) is 7.32. The number of benzene rings is 2. The van der Waals surface area contributed by atoms with Crippen LogP contribution in [0.3, 0.4) is 0 Å². The Hall–Kier alpha value is -4.04. The molecule has 0 aliphatic heterocycles. The number of nitrogen functional groups attached to an aromatic ring is 1. The highest BCUT2D eigenvalue weighted by atomic mass is 32.1. The van der Waals surface area contributed by atoms with Crippen molar-refractivity contribution in [3.8, 4) is 0 Å². The van der Waals surface area contributed by atoms with Crippen molar-refractivity contribution in [3.05, 3.63) is 87.6 Å². The molecule has 0 unspecified atom stereocenters. The normalized spacial score (nSPS) is 11.5. The summed E-state index contributed by atoms with van der Waals surface area (Å²) in [5.74, 6) is -0.112. The predicted molar refractivity (Wildman–Crippen MR) is 129 cm³/mol. The first-order valence-electron chi connectivity index (χ1n) is 10.1. The minimum atomic E-state index is -0.310. The first-order valence-corrected chi connectivity index (χ1v) is 11.0. The monoisotopic (exact) mass is 440 g/mol. The van der Waals surface area contributed by atoms with Crippen LogP contribution < -0.4 is 11.1 Å². The average Bonchev–Trinajstić information content (AvgIpc) is 3.41. The van der Waals surface area contributed by atoms with E-state index >= 15 is 0 Å². The number of carbonyl (C=O) groups excluding carboxylic acids is 1. The van der Waals surface area contributed by atoms with Gasteiger partial charge in [0, 0.05) is 4.88 Å².